The van der Waals surface area contributed by atoms with Gasteiger partial charge in [0.15, 0.2) is 0 Å². The molecule has 144 valence electrons. The molecule has 4 rings (SSSR count). The van der Waals surface area contributed by atoms with Gasteiger partial charge >= 0.3 is 0 Å². The Morgan fingerprint density at radius 3 is 2.43 bits per heavy atom. The highest BCUT2D eigenvalue weighted by Gasteiger charge is 2.21. The fraction of sp³-hybridized carbons (Fsp3) is 0.286. The molecule has 3 aromatic rings. The minimum absolute atomic E-state index is 0.114. The summed E-state index contributed by atoms with van der Waals surface area (Å²) in [6, 6.07) is 11.6. The van der Waals surface area contributed by atoms with Crippen LogP contribution >= 0.6 is 0 Å². The molecule has 1 aliphatic rings. The van der Waals surface area contributed by atoms with Crippen LogP contribution in [-0.2, 0) is 4.79 Å². The Balaban J connectivity index is 1.55. The van der Waals surface area contributed by atoms with Gasteiger partial charge in [-0.1, -0.05) is 6.07 Å². The van der Waals surface area contributed by atoms with Crippen LogP contribution in [0.3, 0.4) is 0 Å². The Morgan fingerprint density at radius 2 is 1.75 bits per heavy atom. The van der Waals surface area contributed by atoms with Crippen LogP contribution in [0.2, 0.25) is 0 Å². The van der Waals surface area contributed by atoms with E-state index in [4.69, 9.17) is 0 Å². The number of amides is 2. The maximum absolute atomic E-state index is 12.6. The molecule has 3 aromatic heterocycles. The van der Waals surface area contributed by atoms with E-state index in [0.29, 0.717) is 24.5 Å². The van der Waals surface area contributed by atoms with Gasteiger partial charge in [-0.05, 0) is 42.8 Å². The largest absolute Gasteiger partial charge is 0.354 e. The minimum Gasteiger partial charge on any atom is -0.354 e. The van der Waals surface area contributed by atoms with Crippen molar-refractivity contribution in [1.82, 2.24) is 14.3 Å². The first-order valence-electron chi connectivity index (χ1n) is 9.37. The second kappa shape index (κ2) is 7.34. The van der Waals surface area contributed by atoms with Gasteiger partial charge in [-0.15, -0.1) is 0 Å². The molecule has 28 heavy (non-hydrogen) atoms. The van der Waals surface area contributed by atoms with Crippen molar-refractivity contribution in [3.05, 3.63) is 59.9 Å². The number of hydrogen-bond acceptors (Lipinski definition) is 4. The van der Waals surface area contributed by atoms with Crippen molar-refractivity contribution in [3.8, 4) is 0 Å². The lowest BCUT2D eigenvalue weighted by atomic mass is 10.2. The summed E-state index contributed by atoms with van der Waals surface area (Å²) in [4.78, 5) is 32.5. The number of hydrogen-bond donors (Lipinski definition) is 1. The van der Waals surface area contributed by atoms with E-state index in [0.717, 1.165) is 30.0 Å². The SMILES string of the molecule is CC(=O)N1CCN(c2ccc3ccc(C(=O)Nc4ccc(C)cn4)cn23)CC1. The number of piperazine rings is 1. The van der Waals surface area contributed by atoms with E-state index in [2.05, 4.69) is 21.3 Å². The zero-order valence-electron chi connectivity index (χ0n) is 16.1. The van der Waals surface area contributed by atoms with Crippen molar-refractivity contribution < 1.29 is 9.59 Å². The van der Waals surface area contributed by atoms with Gasteiger partial charge in [0.2, 0.25) is 5.91 Å². The van der Waals surface area contributed by atoms with E-state index >= 15 is 0 Å². The van der Waals surface area contributed by atoms with E-state index in [1.54, 1.807) is 19.2 Å². The standard InChI is InChI=1S/C21H23N5O2/c1-15-3-7-19(22-13-15)23-21(28)17-4-5-18-6-8-20(26(18)14-17)25-11-9-24(10-12-25)16(2)27/h3-8,13-14H,9-12H2,1-2H3,(H,22,23,28). The van der Waals surface area contributed by atoms with E-state index in [9.17, 15) is 9.59 Å². The van der Waals surface area contributed by atoms with E-state index in [1.165, 1.54) is 0 Å². The number of carbonyl (C=O) groups is 2. The summed E-state index contributed by atoms with van der Waals surface area (Å²) in [5.41, 5.74) is 2.63. The quantitative estimate of drug-likeness (QED) is 0.762. The summed E-state index contributed by atoms with van der Waals surface area (Å²) in [6.07, 6.45) is 3.58. The van der Waals surface area contributed by atoms with Crippen LogP contribution in [0.5, 0.6) is 0 Å². The van der Waals surface area contributed by atoms with Gasteiger partial charge in [0.05, 0.1) is 5.56 Å². The number of carbonyl (C=O) groups excluding carboxylic acids is 2. The molecule has 7 heteroatoms. The molecule has 0 spiro atoms. The average Bonchev–Trinajstić information content (AvgIpc) is 3.13. The van der Waals surface area contributed by atoms with Crippen LogP contribution in [0.25, 0.3) is 5.52 Å². The number of nitrogens with zero attached hydrogens (tertiary/aromatic N) is 4. The summed E-state index contributed by atoms with van der Waals surface area (Å²) < 4.78 is 2.03. The normalized spacial score (nSPS) is 14.4. The zero-order chi connectivity index (χ0) is 19.7. The van der Waals surface area contributed by atoms with Gasteiger partial charge in [-0.2, -0.15) is 0 Å². The molecule has 1 saturated heterocycles. The monoisotopic (exact) mass is 377 g/mol. The molecule has 0 aliphatic carbocycles. The van der Waals surface area contributed by atoms with Crippen molar-refractivity contribution >= 4 is 29.0 Å². The van der Waals surface area contributed by atoms with Crippen LogP contribution < -0.4 is 10.2 Å². The number of pyridine rings is 2. The van der Waals surface area contributed by atoms with Crippen LogP contribution in [0.4, 0.5) is 11.6 Å². The first kappa shape index (κ1) is 18.0. The lowest BCUT2D eigenvalue weighted by Crippen LogP contribution is -2.48. The number of rotatable bonds is 3. The molecule has 0 bridgehead atoms. The Bertz CT molecular complexity index is 1020. The third-order valence-corrected chi connectivity index (χ3v) is 5.09. The average molecular weight is 377 g/mol. The van der Waals surface area contributed by atoms with Crippen molar-refractivity contribution in [2.45, 2.75) is 13.8 Å². The fourth-order valence-electron chi connectivity index (χ4n) is 3.46. The highest BCUT2D eigenvalue weighted by atomic mass is 16.2. The van der Waals surface area contributed by atoms with E-state index in [1.807, 2.05) is 46.7 Å². The molecule has 7 nitrogen and oxygen atoms in total. The fourth-order valence-corrected chi connectivity index (χ4v) is 3.46. The molecule has 0 unspecified atom stereocenters. The van der Waals surface area contributed by atoms with Crippen LogP contribution in [0.1, 0.15) is 22.8 Å². The second-order valence-electron chi connectivity index (χ2n) is 7.07. The van der Waals surface area contributed by atoms with Gasteiger partial charge in [0.25, 0.3) is 5.91 Å². The van der Waals surface area contributed by atoms with Crippen molar-refractivity contribution in [3.63, 3.8) is 0 Å². The molecule has 2 amide bonds. The zero-order valence-corrected chi connectivity index (χ0v) is 16.1. The lowest BCUT2D eigenvalue weighted by molar-refractivity contribution is -0.129. The molecule has 0 aromatic carbocycles. The summed E-state index contributed by atoms with van der Waals surface area (Å²) >= 11 is 0. The highest BCUT2D eigenvalue weighted by Crippen LogP contribution is 2.22. The van der Waals surface area contributed by atoms with Gasteiger partial charge < -0.3 is 19.5 Å². The topological polar surface area (TPSA) is 70.0 Å². The van der Waals surface area contributed by atoms with E-state index in [-0.39, 0.29) is 11.8 Å². The lowest BCUT2D eigenvalue weighted by Gasteiger charge is -2.35. The van der Waals surface area contributed by atoms with Crippen LogP contribution in [-0.4, -0.2) is 52.3 Å². The molecule has 1 fully saturated rings. The number of aryl methyl sites for hydroxylation is 1. The summed E-state index contributed by atoms with van der Waals surface area (Å²) in [7, 11) is 0. The summed E-state index contributed by atoms with van der Waals surface area (Å²) in [6.45, 7) is 6.53. The Morgan fingerprint density at radius 1 is 1.00 bits per heavy atom. The van der Waals surface area contributed by atoms with Gasteiger partial charge in [-0.25, -0.2) is 4.98 Å². The number of aromatic nitrogens is 2. The second-order valence-corrected chi connectivity index (χ2v) is 7.07. The number of fused-ring (bicyclic) bond motifs is 1. The van der Waals surface area contributed by atoms with Crippen LogP contribution in [0, 0.1) is 6.92 Å². The molecule has 0 radical (unpaired) electrons. The maximum atomic E-state index is 12.6. The molecule has 0 atom stereocenters. The minimum atomic E-state index is -0.195. The van der Waals surface area contributed by atoms with Crippen LogP contribution in [0.15, 0.2) is 48.8 Å². The third kappa shape index (κ3) is 3.55. The molecule has 4 heterocycles. The Hall–Kier alpha value is -3.35. The maximum Gasteiger partial charge on any atom is 0.258 e. The smallest absolute Gasteiger partial charge is 0.258 e. The number of anilines is 2. The first-order chi connectivity index (χ1) is 13.5. The molecule has 0 saturated carbocycles. The third-order valence-electron chi connectivity index (χ3n) is 5.09. The van der Waals surface area contributed by atoms with Crippen molar-refractivity contribution in [1.29, 1.82) is 0 Å². The summed E-state index contributed by atoms with van der Waals surface area (Å²) in [5.74, 6) is 1.48. The molecular formula is C21H23N5O2. The molecular weight excluding hydrogens is 354 g/mol. The predicted molar refractivity (Wildman–Crippen MR) is 109 cm³/mol. The predicted octanol–water partition coefficient (Wildman–Crippen LogP) is 2.56. The molecule has 1 N–H and O–H groups in total. The van der Waals surface area contributed by atoms with E-state index < -0.39 is 0 Å². The summed E-state index contributed by atoms with van der Waals surface area (Å²) in [5, 5.41) is 2.84. The Labute approximate surface area is 163 Å². The molecule has 1 aliphatic heterocycles. The van der Waals surface area contributed by atoms with Gasteiger partial charge in [-0.3, -0.25) is 9.59 Å². The first-order valence-corrected chi connectivity index (χ1v) is 9.37. The van der Waals surface area contributed by atoms with Gasteiger partial charge in [0, 0.05) is 51.0 Å². The highest BCUT2D eigenvalue weighted by molar-refractivity contribution is 6.03. The number of nitrogens with one attached hydrogen (secondary N) is 1. The van der Waals surface area contributed by atoms with Gasteiger partial charge in [0.1, 0.15) is 11.6 Å². The van der Waals surface area contributed by atoms with Crippen molar-refractivity contribution in [2.24, 2.45) is 0 Å². The van der Waals surface area contributed by atoms with Crippen molar-refractivity contribution in [2.75, 3.05) is 36.4 Å². The Kier molecular flexibility index (Phi) is 4.73.